The summed E-state index contributed by atoms with van der Waals surface area (Å²) in [6.07, 6.45) is 0. The van der Waals surface area contributed by atoms with Gasteiger partial charge in [0.25, 0.3) is 0 Å². The monoisotopic (exact) mass is 549 g/mol. The summed E-state index contributed by atoms with van der Waals surface area (Å²) in [5.41, 5.74) is 12.7. The molecule has 0 aliphatic rings. The summed E-state index contributed by atoms with van der Waals surface area (Å²) in [5.74, 6) is 0. The molecule has 0 saturated heterocycles. The molecule has 0 atom stereocenters. The number of hydrogen-bond acceptors (Lipinski definition) is 2. The van der Waals surface area contributed by atoms with Gasteiger partial charge in [-0.3, -0.25) is 0 Å². The molecule has 0 N–H and O–H groups in total. The van der Waals surface area contributed by atoms with E-state index in [0.29, 0.717) is 0 Å². The van der Waals surface area contributed by atoms with Crippen LogP contribution in [0, 0.1) is 0 Å². The number of hydrogen-bond donors (Lipinski definition) is 0. The largest absolute Gasteiger partial charge is 0.455 e. The van der Waals surface area contributed by atoms with Crippen LogP contribution >= 0.6 is 0 Å². The van der Waals surface area contributed by atoms with Gasteiger partial charge in [-0.2, -0.15) is 0 Å². The van der Waals surface area contributed by atoms with Crippen molar-refractivity contribution in [1.82, 2.24) is 4.98 Å². The van der Waals surface area contributed by atoms with E-state index < -0.39 is 0 Å². The summed E-state index contributed by atoms with van der Waals surface area (Å²) >= 11 is 0. The van der Waals surface area contributed by atoms with Crippen molar-refractivity contribution in [2.75, 3.05) is 0 Å². The quantitative estimate of drug-likeness (QED) is 0.213. The zero-order valence-electron chi connectivity index (χ0n) is 23.4. The van der Waals surface area contributed by atoms with Crippen molar-refractivity contribution in [2.24, 2.45) is 0 Å². The van der Waals surface area contributed by atoms with Crippen LogP contribution in [0.1, 0.15) is 0 Å². The van der Waals surface area contributed by atoms with E-state index in [0.717, 1.165) is 66.7 Å². The first-order chi connectivity index (χ1) is 21.3. The zero-order chi connectivity index (χ0) is 28.6. The second-order valence-corrected chi connectivity index (χ2v) is 10.8. The minimum absolute atomic E-state index is 0.903. The predicted octanol–water partition coefficient (Wildman–Crippen LogP) is 11.3. The minimum atomic E-state index is 0.903. The molecule has 2 heterocycles. The second kappa shape index (κ2) is 10.6. The van der Waals surface area contributed by atoms with Crippen molar-refractivity contribution in [3.63, 3.8) is 0 Å². The summed E-state index contributed by atoms with van der Waals surface area (Å²) < 4.78 is 6.37. The molecular formula is C41H27NO. The summed E-state index contributed by atoms with van der Waals surface area (Å²) in [4.78, 5) is 5.24. The lowest BCUT2D eigenvalue weighted by Gasteiger charge is -2.12. The van der Waals surface area contributed by atoms with Crippen molar-refractivity contribution in [3.8, 4) is 55.9 Å². The SMILES string of the molecule is c1ccc(-c2cccc(-c3cc(-c4ccccc4)cc(-c4cccc(-c5cccc6c5oc5ccccc56)c4)n3)c2)cc1. The first-order valence-corrected chi connectivity index (χ1v) is 14.5. The molecule has 8 aromatic rings. The van der Waals surface area contributed by atoms with E-state index in [1.807, 2.05) is 18.2 Å². The standard InChI is InChI=1S/C41H27NO/c1-3-12-28(13-4-1)30-16-9-18-32(24-30)38-26-34(29-14-5-2-6-15-29)27-39(42-38)33-19-10-17-31(25-33)35-21-11-22-37-36-20-7-8-23-40(36)43-41(35)37/h1-27H. The normalized spacial score (nSPS) is 11.3. The fourth-order valence-corrected chi connectivity index (χ4v) is 5.93. The topological polar surface area (TPSA) is 26.0 Å². The van der Waals surface area contributed by atoms with Crippen LogP contribution in [0.4, 0.5) is 0 Å². The van der Waals surface area contributed by atoms with Gasteiger partial charge in [-0.15, -0.1) is 0 Å². The lowest BCUT2D eigenvalue weighted by Crippen LogP contribution is -1.92. The summed E-state index contributed by atoms with van der Waals surface area (Å²) in [5, 5.41) is 2.26. The van der Waals surface area contributed by atoms with Crippen molar-refractivity contribution in [3.05, 3.63) is 164 Å². The van der Waals surface area contributed by atoms with E-state index in [4.69, 9.17) is 9.40 Å². The van der Waals surface area contributed by atoms with E-state index in [1.54, 1.807) is 0 Å². The van der Waals surface area contributed by atoms with Gasteiger partial charge in [0.05, 0.1) is 11.4 Å². The number of rotatable bonds is 5. The zero-order valence-corrected chi connectivity index (χ0v) is 23.4. The maximum Gasteiger partial charge on any atom is 0.143 e. The molecule has 2 aromatic heterocycles. The van der Waals surface area contributed by atoms with Crippen LogP contribution in [-0.2, 0) is 0 Å². The molecule has 0 fully saturated rings. The van der Waals surface area contributed by atoms with E-state index in [1.165, 1.54) is 11.1 Å². The first kappa shape index (κ1) is 25.0. The Morgan fingerprint density at radius 1 is 0.349 bits per heavy atom. The lowest BCUT2D eigenvalue weighted by molar-refractivity contribution is 0.670. The fraction of sp³-hybridized carbons (Fsp3) is 0. The second-order valence-electron chi connectivity index (χ2n) is 10.8. The molecule has 202 valence electrons. The average molecular weight is 550 g/mol. The summed E-state index contributed by atoms with van der Waals surface area (Å²) in [7, 11) is 0. The molecule has 0 spiro atoms. The van der Waals surface area contributed by atoms with Gasteiger partial charge in [0, 0.05) is 27.5 Å². The van der Waals surface area contributed by atoms with Crippen molar-refractivity contribution >= 4 is 21.9 Å². The third-order valence-electron chi connectivity index (χ3n) is 8.07. The Morgan fingerprint density at radius 3 is 1.58 bits per heavy atom. The third kappa shape index (κ3) is 4.69. The van der Waals surface area contributed by atoms with E-state index in [2.05, 4.69) is 146 Å². The van der Waals surface area contributed by atoms with Crippen LogP contribution in [0.3, 0.4) is 0 Å². The van der Waals surface area contributed by atoms with Crippen LogP contribution in [-0.4, -0.2) is 4.98 Å². The van der Waals surface area contributed by atoms with E-state index in [-0.39, 0.29) is 0 Å². The molecule has 0 aliphatic carbocycles. The van der Waals surface area contributed by atoms with Crippen LogP contribution in [0.2, 0.25) is 0 Å². The van der Waals surface area contributed by atoms with Gasteiger partial charge in [0.1, 0.15) is 11.2 Å². The van der Waals surface area contributed by atoms with E-state index in [9.17, 15) is 0 Å². The highest BCUT2D eigenvalue weighted by atomic mass is 16.3. The summed E-state index contributed by atoms with van der Waals surface area (Å²) in [6, 6.07) is 57.3. The smallest absolute Gasteiger partial charge is 0.143 e. The van der Waals surface area contributed by atoms with Crippen molar-refractivity contribution in [1.29, 1.82) is 0 Å². The molecule has 0 saturated carbocycles. The molecule has 0 bridgehead atoms. The molecule has 0 aliphatic heterocycles. The van der Waals surface area contributed by atoms with Crippen LogP contribution in [0.25, 0.3) is 77.8 Å². The number of fused-ring (bicyclic) bond motifs is 3. The van der Waals surface area contributed by atoms with Crippen LogP contribution in [0.15, 0.2) is 168 Å². The molecule has 0 amide bonds. The molecule has 2 heteroatoms. The lowest BCUT2D eigenvalue weighted by atomic mass is 9.96. The van der Waals surface area contributed by atoms with Gasteiger partial charge in [-0.1, -0.05) is 133 Å². The Hall–Kier alpha value is -5.73. The Kier molecular flexibility index (Phi) is 6.16. The van der Waals surface area contributed by atoms with E-state index >= 15 is 0 Å². The Morgan fingerprint density at radius 2 is 0.860 bits per heavy atom. The fourth-order valence-electron chi connectivity index (χ4n) is 5.93. The highest BCUT2D eigenvalue weighted by Crippen LogP contribution is 2.38. The number of para-hydroxylation sites is 2. The number of nitrogens with zero attached hydrogens (tertiary/aromatic N) is 1. The number of pyridine rings is 1. The average Bonchev–Trinajstić information content (AvgIpc) is 3.48. The summed E-state index contributed by atoms with van der Waals surface area (Å²) in [6.45, 7) is 0. The van der Waals surface area contributed by atoms with Gasteiger partial charge in [0.15, 0.2) is 0 Å². The Balaban J connectivity index is 1.28. The highest BCUT2D eigenvalue weighted by Gasteiger charge is 2.14. The van der Waals surface area contributed by atoms with Crippen molar-refractivity contribution < 1.29 is 4.42 Å². The maximum absolute atomic E-state index is 6.37. The van der Waals surface area contributed by atoms with Crippen molar-refractivity contribution in [2.45, 2.75) is 0 Å². The number of benzene rings is 6. The number of aromatic nitrogens is 1. The van der Waals surface area contributed by atoms with Gasteiger partial charge in [0.2, 0.25) is 0 Å². The molecule has 0 radical (unpaired) electrons. The predicted molar refractivity (Wildman–Crippen MR) is 179 cm³/mol. The molecule has 43 heavy (non-hydrogen) atoms. The number of furan rings is 1. The first-order valence-electron chi connectivity index (χ1n) is 14.5. The molecular weight excluding hydrogens is 522 g/mol. The molecule has 8 rings (SSSR count). The minimum Gasteiger partial charge on any atom is -0.455 e. The molecule has 2 nitrogen and oxygen atoms in total. The van der Waals surface area contributed by atoms with Crippen LogP contribution in [0.5, 0.6) is 0 Å². The van der Waals surface area contributed by atoms with Gasteiger partial charge >= 0.3 is 0 Å². The molecule has 6 aromatic carbocycles. The highest BCUT2D eigenvalue weighted by molar-refractivity contribution is 6.09. The van der Waals surface area contributed by atoms with Gasteiger partial charge in [-0.05, 0) is 58.1 Å². The third-order valence-corrected chi connectivity index (χ3v) is 8.07. The van der Waals surface area contributed by atoms with Crippen LogP contribution < -0.4 is 0 Å². The van der Waals surface area contributed by atoms with Gasteiger partial charge < -0.3 is 4.42 Å². The van der Waals surface area contributed by atoms with Gasteiger partial charge in [-0.25, -0.2) is 4.98 Å². The maximum atomic E-state index is 6.37. The molecule has 0 unspecified atom stereocenters. The Labute approximate surface area is 250 Å². The Bertz CT molecular complexity index is 2230.